The van der Waals surface area contributed by atoms with E-state index in [1.54, 1.807) is 0 Å². The van der Waals surface area contributed by atoms with Gasteiger partial charge in [-0.15, -0.1) is 0 Å². The van der Waals surface area contributed by atoms with E-state index in [1.165, 1.54) is 12.1 Å². The second-order valence-corrected chi connectivity index (χ2v) is 5.16. The Morgan fingerprint density at radius 3 is 2.68 bits per heavy atom. The van der Waals surface area contributed by atoms with Gasteiger partial charge in [0.15, 0.2) is 0 Å². The Kier molecular flexibility index (Phi) is 4.56. The fourth-order valence-electron chi connectivity index (χ4n) is 1.56. The lowest BCUT2D eigenvalue weighted by Gasteiger charge is -2.07. The van der Waals surface area contributed by atoms with E-state index in [4.69, 9.17) is 11.6 Å². The molecule has 5 heteroatoms. The molecule has 0 aromatic heterocycles. The molecule has 0 saturated heterocycles. The first-order valence-electron chi connectivity index (χ1n) is 5.54. The molecule has 0 heterocycles. The summed E-state index contributed by atoms with van der Waals surface area (Å²) in [5, 5.41) is 2.73. The monoisotopic (exact) mass is 341 g/mol. The third-order valence-electron chi connectivity index (χ3n) is 2.58. The normalized spacial score (nSPS) is 10.3. The van der Waals surface area contributed by atoms with Crippen LogP contribution in [-0.2, 0) is 6.54 Å². The van der Waals surface area contributed by atoms with Crippen LogP contribution in [0, 0.1) is 5.82 Å². The highest BCUT2D eigenvalue weighted by molar-refractivity contribution is 9.10. The standard InChI is InChI=1S/C14H10BrClFNO/c15-11-4-2-1-3-10(11)8-18-14(19)9-5-6-12(16)13(17)7-9/h1-7H,8H2,(H,18,19). The lowest BCUT2D eigenvalue weighted by molar-refractivity contribution is 0.0950. The zero-order valence-corrected chi connectivity index (χ0v) is 12.1. The quantitative estimate of drug-likeness (QED) is 0.891. The minimum Gasteiger partial charge on any atom is -0.348 e. The van der Waals surface area contributed by atoms with Crippen molar-refractivity contribution in [1.29, 1.82) is 0 Å². The Morgan fingerprint density at radius 1 is 1.26 bits per heavy atom. The summed E-state index contributed by atoms with van der Waals surface area (Å²) in [6.45, 7) is 0.366. The summed E-state index contributed by atoms with van der Waals surface area (Å²) in [5.74, 6) is -0.943. The van der Waals surface area contributed by atoms with Gasteiger partial charge in [-0.05, 0) is 29.8 Å². The van der Waals surface area contributed by atoms with Crippen molar-refractivity contribution in [3.63, 3.8) is 0 Å². The van der Waals surface area contributed by atoms with Gasteiger partial charge < -0.3 is 5.32 Å². The Balaban J connectivity index is 2.05. The molecule has 0 bridgehead atoms. The van der Waals surface area contributed by atoms with Crippen LogP contribution in [0.15, 0.2) is 46.9 Å². The molecule has 98 valence electrons. The molecule has 1 amide bonds. The van der Waals surface area contributed by atoms with Gasteiger partial charge in [-0.3, -0.25) is 4.79 Å². The van der Waals surface area contributed by atoms with Crippen molar-refractivity contribution in [2.75, 3.05) is 0 Å². The van der Waals surface area contributed by atoms with Crippen molar-refractivity contribution in [2.45, 2.75) is 6.54 Å². The fourth-order valence-corrected chi connectivity index (χ4v) is 2.10. The predicted molar refractivity (Wildman–Crippen MR) is 76.7 cm³/mol. The number of rotatable bonds is 3. The molecule has 0 saturated carbocycles. The van der Waals surface area contributed by atoms with Crippen LogP contribution in [0.25, 0.3) is 0 Å². The Hall–Kier alpha value is -1.39. The smallest absolute Gasteiger partial charge is 0.251 e. The van der Waals surface area contributed by atoms with Gasteiger partial charge in [0, 0.05) is 16.6 Å². The molecule has 2 aromatic carbocycles. The van der Waals surface area contributed by atoms with Crippen molar-refractivity contribution in [1.82, 2.24) is 5.32 Å². The summed E-state index contributed by atoms with van der Waals surface area (Å²) in [4.78, 5) is 11.9. The number of carbonyl (C=O) groups excluding carboxylic acids is 1. The molecular formula is C14H10BrClFNO. The lowest BCUT2D eigenvalue weighted by Crippen LogP contribution is -2.23. The van der Waals surface area contributed by atoms with Crippen LogP contribution in [0.5, 0.6) is 0 Å². The number of halogens is 3. The highest BCUT2D eigenvalue weighted by atomic mass is 79.9. The van der Waals surface area contributed by atoms with E-state index in [0.717, 1.165) is 16.1 Å². The summed E-state index contributed by atoms with van der Waals surface area (Å²) >= 11 is 8.96. The van der Waals surface area contributed by atoms with Crippen LogP contribution in [0.1, 0.15) is 15.9 Å². The predicted octanol–water partition coefficient (Wildman–Crippen LogP) is 4.17. The van der Waals surface area contributed by atoms with E-state index in [2.05, 4.69) is 21.2 Å². The second-order valence-electron chi connectivity index (χ2n) is 3.90. The number of nitrogens with one attached hydrogen (secondary N) is 1. The maximum Gasteiger partial charge on any atom is 0.251 e. The number of hydrogen-bond donors (Lipinski definition) is 1. The van der Waals surface area contributed by atoms with E-state index in [1.807, 2.05) is 24.3 Å². The van der Waals surface area contributed by atoms with Gasteiger partial charge in [0.1, 0.15) is 5.82 Å². The van der Waals surface area contributed by atoms with Gasteiger partial charge in [-0.25, -0.2) is 4.39 Å². The third kappa shape index (κ3) is 3.55. The molecule has 2 rings (SSSR count). The summed E-state index contributed by atoms with van der Waals surface area (Å²) in [6.07, 6.45) is 0. The molecule has 19 heavy (non-hydrogen) atoms. The Bertz CT molecular complexity index is 618. The van der Waals surface area contributed by atoms with Crippen molar-refractivity contribution < 1.29 is 9.18 Å². The van der Waals surface area contributed by atoms with Gasteiger partial charge in [0.25, 0.3) is 5.91 Å². The molecule has 1 N–H and O–H groups in total. The van der Waals surface area contributed by atoms with E-state index < -0.39 is 5.82 Å². The first kappa shape index (κ1) is 14.0. The highest BCUT2D eigenvalue weighted by Gasteiger charge is 2.09. The molecule has 0 aliphatic heterocycles. The topological polar surface area (TPSA) is 29.1 Å². The van der Waals surface area contributed by atoms with Crippen molar-refractivity contribution in [3.05, 3.63) is 68.9 Å². The molecule has 2 aromatic rings. The number of benzene rings is 2. The molecule has 0 aliphatic carbocycles. The maximum absolute atomic E-state index is 13.2. The Morgan fingerprint density at radius 2 is 2.00 bits per heavy atom. The summed E-state index contributed by atoms with van der Waals surface area (Å²) in [6, 6.07) is 11.5. The zero-order chi connectivity index (χ0) is 13.8. The lowest BCUT2D eigenvalue weighted by atomic mass is 10.2. The first-order chi connectivity index (χ1) is 9.08. The summed E-state index contributed by atoms with van der Waals surface area (Å²) < 4.78 is 14.2. The molecule has 2 nitrogen and oxygen atoms in total. The number of amides is 1. The molecule has 0 atom stereocenters. The summed E-state index contributed by atoms with van der Waals surface area (Å²) in [5.41, 5.74) is 1.19. The average Bonchev–Trinajstić information content (AvgIpc) is 2.40. The highest BCUT2D eigenvalue weighted by Crippen LogP contribution is 2.17. The van der Waals surface area contributed by atoms with Gasteiger partial charge in [0.2, 0.25) is 0 Å². The van der Waals surface area contributed by atoms with Gasteiger partial charge in [0.05, 0.1) is 5.02 Å². The minimum atomic E-state index is -0.602. The zero-order valence-electron chi connectivity index (χ0n) is 9.79. The first-order valence-corrected chi connectivity index (χ1v) is 6.71. The van der Waals surface area contributed by atoms with Crippen molar-refractivity contribution in [3.8, 4) is 0 Å². The van der Waals surface area contributed by atoms with E-state index in [-0.39, 0.29) is 16.5 Å². The molecule has 0 spiro atoms. The Labute approximate surface area is 123 Å². The van der Waals surface area contributed by atoms with Crippen LogP contribution in [-0.4, -0.2) is 5.91 Å². The van der Waals surface area contributed by atoms with Gasteiger partial charge in [-0.2, -0.15) is 0 Å². The van der Waals surface area contributed by atoms with E-state index in [0.29, 0.717) is 6.54 Å². The van der Waals surface area contributed by atoms with Crippen LogP contribution >= 0.6 is 27.5 Å². The SMILES string of the molecule is O=C(NCc1ccccc1Br)c1ccc(Cl)c(F)c1. The van der Waals surface area contributed by atoms with Gasteiger partial charge in [-0.1, -0.05) is 45.7 Å². The van der Waals surface area contributed by atoms with Crippen LogP contribution in [0.2, 0.25) is 5.02 Å². The largest absolute Gasteiger partial charge is 0.348 e. The molecule has 0 aliphatic rings. The third-order valence-corrected chi connectivity index (χ3v) is 3.66. The number of carbonyl (C=O) groups is 1. The van der Waals surface area contributed by atoms with Crippen molar-refractivity contribution >= 4 is 33.4 Å². The van der Waals surface area contributed by atoms with Crippen LogP contribution < -0.4 is 5.32 Å². The minimum absolute atomic E-state index is 0.00218. The maximum atomic E-state index is 13.2. The van der Waals surface area contributed by atoms with Crippen LogP contribution in [0.3, 0.4) is 0 Å². The average molecular weight is 343 g/mol. The molecular weight excluding hydrogens is 333 g/mol. The second kappa shape index (κ2) is 6.17. The van der Waals surface area contributed by atoms with Crippen molar-refractivity contribution in [2.24, 2.45) is 0 Å². The van der Waals surface area contributed by atoms with Gasteiger partial charge >= 0.3 is 0 Å². The van der Waals surface area contributed by atoms with E-state index in [9.17, 15) is 9.18 Å². The summed E-state index contributed by atoms with van der Waals surface area (Å²) in [7, 11) is 0. The molecule has 0 fully saturated rings. The number of hydrogen-bond acceptors (Lipinski definition) is 1. The molecule has 0 unspecified atom stereocenters. The molecule has 0 radical (unpaired) electrons. The fraction of sp³-hybridized carbons (Fsp3) is 0.0714. The van der Waals surface area contributed by atoms with Crippen LogP contribution in [0.4, 0.5) is 4.39 Å². The van der Waals surface area contributed by atoms with E-state index >= 15 is 0 Å².